The molecule has 1 saturated heterocycles. The zero-order valence-corrected chi connectivity index (χ0v) is 14.3. The van der Waals surface area contributed by atoms with E-state index in [0.29, 0.717) is 5.56 Å². The first-order valence-electron chi connectivity index (χ1n) is 9.09. The maximum absolute atomic E-state index is 8.89. The Hall–Kier alpha value is -2.11. The summed E-state index contributed by atoms with van der Waals surface area (Å²) in [7, 11) is 0. The van der Waals surface area contributed by atoms with Crippen molar-refractivity contribution in [3.8, 4) is 17.2 Å². The summed E-state index contributed by atoms with van der Waals surface area (Å²) >= 11 is 0. The van der Waals surface area contributed by atoms with Gasteiger partial charge in [0, 0.05) is 12.6 Å². The molecule has 2 nitrogen and oxygen atoms in total. The van der Waals surface area contributed by atoms with Gasteiger partial charge in [0.1, 0.15) is 0 Å². The highest BCUT2D eigenvalue weighted by molar-refractivity contribution is 5.64. The SMILES string of the molecule is C[C@@H]1CCCN1C[C@H]1C[C@H]1c1ccc(-c2ccc(C#N)cc2)cc1. The Kier molecular flexibility index (Phi) is 4.12. The number of rotatable bonds is 4. The van der Waals surface area contributed by atoms with E-state index in [-0.39, 0.29) is 0 Å². The zero-order valence-electron chi connectivity index (χ0n) is 14.3. The number of nitriles is 1. The second-order valence-electron chi connectivity index (χ2n) is 7.40. The van der Waals surface area contributed by atoms with Crippen molar-refractivity contribution in [2.45, 2.75) is 38.1 Å². The van der Waals surface area contributed by atoms with Crippen molar-refractivity contribution in [2.24, 2.45) is 5.92 Å². The first-order chi connectivity index (χ1) is 11.7. The molecule has 1 saturated carbocycles. The van der Waals surface area contributed by atoms with E-state index < -0.39 is 0 Å². The van der Waals surface area contributed by atoms with Crippen LogP contribution in [0.2, 0.25) is 0 Å². The molecule has 2 aromatic carbocycles. The van der Waals surface area contributed by atoms with Gasteiger partial charge in [-0.3, -0.25) is 0 Å². The number of hydrogen-bond donors (Lipinski definition) is 0. The largest absolute Gasteiger partial charge is 0.300 e. The van der Waals surface area contributed by atoms with E-state index in [0.717, 1.165) is 17.9 Å². The molecule has 2 aromatic rings. The molecule has 0 N–H and O–H groups in total. The Labute approximate surface area is 144 Å². The van der Waals surface area contributed by atoms with E-state index in [1.54, 1.807) is 0 Å². The van der Waals surface area contributed by atoms with E-state index in [4.69, 9.17) is 5.26 Å². The van der Waals surface area contributed by atoms with Gasteiger partial charge in [0.15, 0.2) is 0 Å². The minimum Gasteiger partial charge on any atom is -0.300 e. The molecule has 0 aromatic heterocycles. The van der Waals surface area contributed by atoms with Crippen LogP contribution in [-0.2, 0) is 0 Å². The zero-order chi connectivity index (χ0) is 16.5. The van der Waals surface area contributed by atoms with E-state index in [9.17, 15) is 0 Å². The van der Waals surface area contributed by atoms with Gasteiger partial charge in [-0.2, -0.15) is 5.26 Å². The van der Waals surface area contributed by atoms with Gasteiger partial charge in [0.2, 0.25) is 0 Å². The molecule has 0 spiro atoms. The van der Waals surface area contributed by atoms with Crippen LogP contribution in [0, 0.1) is 17.2 Å². The summed E-state index contributed by atoms with van der Waals surface area (Å²) in [5.41, 5.74) is 4.61. The molecule has 3 atom stereocenters. The lowest BCUT2D eigenvalue weighted by Gasteiger charge is -2.20. The topological polar surface area (TPSA) is 27.0 Å². The smallest absolute Gasteiger partial charge is 0.0991 e. The molecular formula is C22H24N2. The third-order valence-corrected chi connectivity index (χ3v) is 5.77. The van der Waals surface area contributed by atoms with Crippen LogP contribution in [0.3, 0.4) is 0 Å². The predicted molar refractivity (Wildman–Crippen MR) is 97.7 cm³/mol. The first-order valence-corrected chi connectivity index (χ1v) is 9.09. The fraction of sp³-hybridized carbons (Fsp3) is 0.409. The van der Waals surface area contributed by atoms with Gasteiger partial charge in [0.25, 0.3) is 0 Å². The third kappa shape index (κ3) is 3.09. The Balaban J connectivity index is 1.40. The first kappa shape index (κ1) is 15.4. The van der Waals surface area contributed by atoms with E-state index in [1.165, 1.54) is 49.0 Å². The van der Waals surface area contributed by atoms with Gasteiger partial charge in [0.05, 0.1) is 11.6 Å². The van der Waals surface area contributed by atoms with Crippen LogP contribution >= 0.6 is 0 Å². The van der Waals surface area contributed by atoms with Crippen LogP contribution < -0.4 is 0 Å². The summed E-state index contributed by atoms with van der Waals surface area (Å²) in [6.07, 6.45) is 4.09. The molecule has 0 unspecified atom stereocenters. The van der Waals surface area contributed by atoms with E-state index in [1.807, 2.05) is 24.3 Å². The number of nitrogens with zero attached hydrogens (tertiary/aromatic N) is 2. The Morgan fingerprint density at radius 1 is 1.04 bits per heavy atom. The lowest BCUT2D eigenvalue weighted by Crippen LogP contribution is -2.29. The molecule has 0 amide bonds. The number of hydrogen-bond acceptors (Lipinski definition) is 2. The molecule has 24 heavy (non-hydrogen) atoms. The fourth-order valence-corrected chi connectivity index (χ4v) is 4.08. The summed E-state index contributed by atoms with van der Waals surface area (Å²) < 4.78 is 0. The molecule has 4 rings (SSSR count). The number of likely N-dealkylation sites (tertiary alicyclic amines) is 1. The fourth-order valence-electron chi connectivity index (χ4n) is 4.08. The second kappa shape index (κ2) is 6.42. The Morgan fingerprint density at radius 3 is 2.29 bits per heavy atom. The van der Waals surface area contributed by atoms with Crippen molar-refractivity contribution >= 4 is 0 Å². The summed E-state index contributed by atoms with van der Waals surface area (Å²) in [6.45, 7) is 4.95. The molecule has 1 heterocycles. The Morgan fingerprint density at radius 2 is 1.71 bits per heavy atom. The molecule has 122 valence electrons. The molecule has 2 aliphatic rings. The third-order valence-electron chi connectivity index (χ3n) is 5.77. The van der Waals surface area contributed by atoms with E-state index >= 15 is 0 Å². The molecule has 2 fully saturated rings. The molecule has 2 heteroatoms. The van der Waals surface area contributed by atoms with Crippen molar-refractivity contribution in [3.63, 3.8) is 0 Å². The van der Waals surface area contributed by atoms with Crippen LogP contribution in [0.15, 0.2) is 48.5 Å². The second-order valence-corrected chi connectivity index (χ2v) is 7.40. The van der Waals surface area contributed by atoms with Gasteiger partial charge in [-0.25, -0.2) is 0 Å². The monoisotopic (exact) mass is 316 g/mol. The van der Waals surface area contributed by atoms with E-state index in [2.05, 4.69) is 42.2 Å². The summed E-state index contributed by atoms with van der Waals surface area (Å²) in [6, 6.07) is 19.8. The van der Waals surface area contributed by atoms with Crippen molar-refractivity contribution in [2.75, 3.05) is 13.1 Å². The standard InChI is InChI=1S/C22H24N2/c1-16-3-2-12-24(16)15-21-13-22(21)20-10-8-19(9-11-20)18-6-4-17(14-23)5-7-18/h4-11,16,21-22H,2-3,12-13,15H2,1H3/t16-,21-,22+/m1/s1. The average molecular weight is 316 g/mol. The lowest BCUT2D eigenvalue weighted by molar-refractivity contribution is 0.256. The van der Waals surface area contributed by atoms with Crippen LogP contribution in [0.4, 0.5) is 0 Å². The maximum Gasteiger partial charge on any atom is 0.0991 e. The van der Waals surface area contributed by atoms with Gasteiger partial charge in [-0.05, 0) is 73.4 Å². The molecule has 1 aliphatic heterocycles. The van der Waals surface area contributed by atoms with Crippen LogP contribution in [-0.4, -0.2) is 24.0 Å². The van der Waals surface area contributed by atoms with Crippen molar-refractivity contribution in [3.05, 3.63) is 59.7 Å². The normalized spacial score (nSPS) is 26.2. The molecule has 1 aliphatic carbocycles. The summed E-state index contributed by atoms with van der Waals surface area (Å²) in [5, 5.41) is 8.89. The van der Waals surface area contributed by atoms with Gasteiger partial charge >= 0.3 is 0 Å². The van der Waals surface area contributed by atoms with Crippen LogP contribution in [0.1, 0.15) is 43.2 Å². The van der Waals surface area contributed by atoms with Gasteiger partial charge in [-0.1, -0.05) is 36.4 Å². The van der Waals surface area contributed by atoms with Gasteiger partial charge in [-0.15, -0.1) is 0 Å². The molecule has 0 radical (unpaired) electrons. The van der Waals surface area contributed by atoms with Crippen molar-refractivity contribution < 1.29 is 0 Å². The molecule has 0 bridgehead atoms. The molecular weight excluding hydrogens is 292 g/mol. The average Bonchev–Trinajstić information content (AvgIpc) is 3.29. The Bertz CT molecular complexity index is 739. The van der Waals surface area contributed by atoms with Gasteiger partial charge < -0.3 is 4.90 Å². The highest BCUT2D eigenvalue weighted by atomic mass is 15.2. The lowest BCUT2D eigenvalue weighted by atomic mass is 10.0. The minimum absolute atomic E-state index is 0.715. The van der Waals surface area contributed by atoms with Crippen molar-refractivity contribution in [1.82, 2.24) is 4.90 Å². The quantitative estimate of drug-likeness (QED) is 0.809. The van der Waals surface area contributed by atoms with Crippen LogP contribution in [0.5, 0.6) is 0 Å². The highest BCUT2D eigenvalue weighted by Crippen LogP contribution is 2.48. The number of benzene rings is 2. The summed E-state index contributed by atoms with van der Waals surface area (Å²) in [4.78, 5) is 2.68. The van der Waals surface area contributed by atoms with Crippen LogP contribution in [0.25, 0.3) is 11.1 Å². The predicted octanol–water partition coefficient (Wildman–Crippen LogP) is 4.81. The highest BCUT2D eigenvalue weighted by Gasteiger charge is 2.40. The maximum atomic E-state index is 8.89. The summed E-state index contributed by atoms with van der Waals surface area (Å²) in [5.74, 6) is 1.61. The van der Waals surface area contributed by atoms with Crippen molar-refractivity contribution in [1.29, 1.82) is 5.26 Å². The minimum atomic E-state index is 0.715.